The summed E-state index contributed by atoms with van der Waals surface area (Å²) in [4.78, 5) is 12.7. The van der Waals surface area contributed by atoms with Crippen LogP contribution in [0.4, 0.5) is 5.69 Å². The molecule has 0 saturated carbocycles. The van der Waals surface area contributed by atoms with Gasteiger partial charge in [-0.3, -0.25) is 9.97 Å². The number of pyridine rings is 2. The van der Waals surface area contributed by atoms with Crippen molar-refractivity contribution in [2.45, 2.75) is 0 Å². The summed E-state index contributed by atoms with van der Waals surface area (Å²) in [7, 11) is 0. The van der Waals surface area contributed by atoms with E-state index < -0.39 is 0 Å². The Morgan fingerprint density at radius 3 is 1.44 bits per heavy atom. The van der Waals surface area contributed by atoms with Gasteiger partial charge in [0, 0.05) is 28.6 Å². The molecule has 6 nitrogen and oxygen atoms in total. The predicted octanol–water partition coefficient (Wildman–Crippen LogP) is 15.6. The van der Waals surface area contributed by atoms with Crippen molar-refractivity contribution < 1.29 is 0 Å². The summed E-state index contributed by atoms with van der Waals surface area (Å²) in [6, 6.07) is 66.7. The second-order valence-corrected chi connectivity index (χ2v) is 16.8. The number of fused-ring (bicyclic) bond motifs is 9. The van der Waals surface area contributed by atoms with Gasteiger partial charge in [-0.2, -0.15) is 5.26 Å². The third kappa shape index (κ3) is 5.53. The first-order chi connectivity index (χ1) is 32.7. The molecule has 13 rings (SSSR count). The van der Waals surface area contributed by atoms with E-state index in [-0.39, 0.29) is 0 Å². The van der Waals surface area contributed by atoms with E-state index >= 15 is 0 Å². The Morgan fingerprint density at radius 2 is 0.879 bits per heavy atom. The van der Waals surface area contributed by atoms with Crippen molar-refractivity contribution in [1.29, 1.82) is 5.26 Å². The maximum absolute atomic E-state index is 9.92. The highest BCUT2D eigenvalue weighted by molar-refractivity contribution is 6.25. The molecule has 4 aromatic heterocycles. The largest absolute Gasteiger partial charge is 0.308 e. The number of hydrogen-bond donors (Lipinski definition) is 0. The van der Waals surface area contributed by atoms with Gasteiger partial charge in [0.1, 0.15) is 0 Å². The van der Waals surface area contributed by atoms with Gasteiger partial charge in [-0.05, 0) is 150 Å². The fraction of sp³-hybridized carbons (Fsp3) is 0. The van der Waals surface area contributed by atoms with E-state index in [0.29, 0.717) is 11.3 Å². The zero-order chi connectivity index (χ0) is 43.9. The predicted molar refractivity (Wildman–Crippen MR) is 271 cm³/mol. The molecule has 0 N–H and O–H groups in total. The number of benzene rings is 9. The molecule has 304 valence electrons. The summed E-state index contributed by atoms with van der Waals surface area (Å²) in [6.07, 6.45) is 7.35. The average Bonchev–Trinajstić information content (AvgIpc) is 3.89. The van der Waals surface area contributed by atoms with Gasteiger partial charge in [0.05, 0.1) is 64.0 Å². The minimum Gasteiger partial charge on any atom is -0.308 e. The van der Waals surface area contributed by atoms with Crippen molar-refractivity contribution >= 4 is 81.6 Å². The summed E-state index contributed by atoms with van der Waals surface area (Å²) in [6.45, 7) is 7.85. The zero-order valence-corrected chi connectivity index (χ0v) is 35.3. The number of nitriles is 1. The lowest BCUT2D eigenvalue weighted by molar-refractivity contribution is 1.14. The molecule has 0 unspecified atom stereocenters. The molecule has 13 aromatic rings. The third-order valence-corrected chi connectivity index (χ3v) is 13.3. The number of nitrogens with zero attached hydrogens (tertiary/aromatic N) is 6. The lowest BCUT2D eigenvalue weighted by Gasteiger charge is -2.20. The average molecular weight is 839 g/mol. The van der Waals surface area contributed by atoms with Gasteiger partial charge >= 0.3 is 0 Å². The van der Waals surface area contributed by atoms with E-state index in [9.17, 15) is 5.26 Å². The SMILES string of the molecule is [C-]#[N+]c1ccc2c(c1)c1cc(-c3c4ccccc4c(-c4ccc(-c5ccc6c(c5)c5cc(C#N)ccc5n6-c5cccnc5)c5ccccc45)c4ccccc34)ccc1n2-c1cccnc1. The molecule has 66 heavy (non-hydrogen) atoms. The van der Waals surface area contributed by atoms with Gasteiger partial charge in [0.2, 0.25) is 0 Å². The first-order valence-electron chi connectivity index (χ1n) is 21.9. The van der Waals surface area contributed by atoms with Crippen LogP contribution in [0.5, 0.6) is 0 Å². The van der Waals surface area contributed by atoms with E-state index in [1.807, 2.05) is 54.9 Å². The maximum atomic E-state index is 9.92. The van der Waals surface area contributed by atoms with E-state index in [1.165, 1.54) is 43.6 Å². The monoisotopic (exact) mass is 838 g/mol. The summed E-state index contributed by atoms with van der Waals surface area (Å²) < 4.78 is 4.47. The summed E-state index contributed by atoms with van der Waals surface area (Å²) in [5.41, 5.74) is 14.3. The summed E-state index contributed by atoms with van der Waals surface area (Å²) >= 11 is 0. The Balaban J connectivity index is 1.02. The van der Waals surface area contributed by atoms with Gasteiger partial charge in [-0.25, -0.2) is 4.85 Å². The molecule has 0 spiro atoms. The van der Waals surface area contributed by atoms with E-state index in [2.05, 4.69) is 170 Å². The Morgan fingerprint density at radius 1 is 0.409 bits per heavy atom. The first kappa shape index (κ1) is 37.2. The highest BCUT2D eigenvalue weighted by Gasteiger charge is 2.22. The van der Waals surface area contributed by atoms with Crippen molar-refractivity contribution in [3.8, 4) is 50.8 Å². The molecular weight excluding hydrogens is 805 g/mol. The molecule has 0 radical (unpaired) electrons. The van der Waals surface area contributed by atoms with Crippen LogP contribution in [0.2, 0.25) is 0 Å². The fourth-order valence-electron chi connectivity index (χ4n) is 10.5. The lowest BCUT2D eigenvalue weighted by Crippen LogP contribution is -1.94. The number of rotatable bonds is 5. The van der Waals surface area contributed by atoms with Crippen LogP contribution in [0.3, 0.4) is 0 Å². The molecule has 0 saturated heterocycles. The van der Waals surface area contributed by atoms with Gasteiger partial charge in [-0.15, -0.1) is 0 Å². The highest BCUT2D eigenvalue weighted by Crippen LogP contribution is 2.48. The minimum absolute atomic E-state index is 0.611. The minimum atomic E-state index is 0.611. The van der Waals surface area contributed by atoms with E-state index in [1.54, 1.807) is 12.4 Å². The van der Waals surface area contributed by atoms with Crippen molar-refractivity contribution in [2.75, 3.05) is 0 Å². The van der Waals surface area contributed by atoms with Crippen LogP contribution < -0.4 is 0 Å². The molecule has 6 heteroatoms. The Hall–Kier alpha value is -9.36. The molecule has 0 aliphatic heterocycles. The van der Waals surface area contributed by atoms with E-state index in [4.69, 9.17) is 6.57 Å². The fourth-order valence-corrected chi connectivity index (χ4v) is 10.5. The quantitative estimate of drug-likeness (QED) is 0.128. The second kappa shape index (κ2) is 14.6. The van der Waals surface area contributed by atoms with Crippen LogP contribution >= 0.6 is 0 Å². The molecule has 0 fully saturated rings. The van der Waals surface area contributed by atoms with Crippen LogP contribution in [0.1, 0.15) is 5.56 Å². The second-order valence-electron chi connectivity index (χ2n) is 16.8. The van der Waals surface area contributed by atoms with Gasteiger partial charge < -0.3 is 9.13 Å². The molecule has 0 bridgehead atoms. The standard InChI is InChI=1S/C60H34N6/c1-62-40-21-27-58-54(33-40)53-32-39(20-26-57(53)66(58)42-11-9-29-64-36-42)59-46-14-4-6-16-48(46)60(49-17-7-5-15-47(49)59)50-23-22-43(44-12-2-3-13-45(44)50)38-19-25-56-52(31-38)51-30-37(34-61)18-24-55(51)65(56)41-10-8-28-63-35-41/h2-33,35-36H. The van der Waals surface area contributed by atoms with Crippen LogP contribution in [-0.2, 0) is 0 Å². The van der Waals surface area contributed by atoms with Gasteiger partial charge in [0.15, 0.2) is 5.69 Å². The van der Waals surface area contributed by atoms with Crippen LogP contribution in [0, 0.1) is 17.9 Å². The maximum Gasteiger partial charge on any atom is 0.188 e. The van der Waals surface area contributed by atoms with Crippen LogP contribution in [-0.4, -0.2) is 19.1 Å². The van der Waals surface area contributed by atoms with Crippen molar-refractivity contribution in [1.82, 2.24) is 19.1 Å². The lowest BCUT2D eigenvalue weighted by atomic mass is 9.83. The smallest absolute Gasteiger partial charge is 0.188 e. The molecule has 0 atom stereocenters. The summed E-state index contributed by atoms with van der Waals surface area (Å²) in [5, 5.41) is 21.2. The zero-order valence-electron chi connectivity index (χ0n) is 35.3. The number of aromatic nitrogens is 4. The molecule has 0 aliphatic rings. The van der Waals surface area contributed by atoms with Crippen LogP contribution in [0.15, 0.2) is 207 Å². The number of hydrogen-bond acceptors (Lipinski definition) is 3. The van der Waals surface area contributed by atoms with Gasteiger partial charge in [0.25, 0.3) is 0 Å². The topological polar surface area (TPSA) is 63.8 Å². The van der Waals surface area contributed by atoms with Crippen molar-refractivity contribution in [3.05, 3.63) is 224 Å². The van der Waals surface area contributed by atoms with Crippen molar-refractivity contribution in [2.24, 2.45) is 0 Å². The van der Waals surface area contributed by atoms with Crippen molar-refractivity contribution in [3.63, 3.8) is 0 Å². The Kier molecular flexibility index (Phi) is 8.24. The highest BCUT2D eigenvalue weighted by atomic mass is 15.0. The molecule has 0 aliphatic carbocycles. The molecule has 9 aromatic carbocycles. The van der Waals surface area contributed by atoms with E-state index in [0.717, 1.165) is 77.1 Å². The molecule has 0 amide bonds. The van der Waals surface area contributed by atoms with Crippen LogP contribution in [0.25, 0.3) is 126 Å². The summed E-state index contributed by atoms with van der Waals surface area (Å²) in [5.74, 6) is 0. The third-order valence-electron chi connectivity index (χ3n) is 13.3. The first-order valence-corrected chi connectivity index (χ1v) is 21.9. The molecular formula is C60H34N6. The molecule has 4 heterocycles. The van der Waals surface area contributed by atoms with Gasteiger partial charge in [-0.1, -0.05) is 103 Å². The Labute approximate surface area is 378 Å². The normalized spacial score (nSPS) is 11.6. The Bertz CT molecular complexity index is 4190.